The number of sulfonamides is 1. The highest BCUT2D eigenvalue weighted by molar-refractivity contribution is 7.91. The van der Waals surface area contributed by atoms with Crippen LogP contribution in [0.3, 0.4) is 0 Å². The zero-order chi connectivity index (χ0) is 13.8. The Hall–Kier alpha value is -0.430. The van der Waals surface area contributed by atoms with E-state index in [4.69, 9.17) is 0 Å². The van der Waals surface area contributed by atoms with Gasteiger partial charge in [-0.3, -0.25) is 0 Å². The highest BCUT2D eigenvalue weighted by Gasteiger charge is 2.19. The third-order valence-corrected chi connectivity index (χ3v) is 5.81. The molecular formula is C12H22N2O2S2. The summed E-state index contributed by atoms with van der Waals surface area (Å²) in [5, 5.41) is 1.85. The molecule has 0 saturated heterocycles. The van der Waals surface area contributed by atoms with E-state index in [1.54, 1.807) is 6.07 Å². The molecule has 18 heavy (non-hydrogen) atoms. The Bertz CT molecular complexity index is 466. The van der Waals surface area contributed by atoms with Crippen molar-refractivity contribution in [3.8, 4) is 0 Å². The minimum atomic E-state index is -3.34. The molecule has 1 heterocycles. The van der Waals surface area contributed by atoms with Crippen molar-refractivity contribution in [3.63, 3.8) is 0 Å². The van der Waals surface area contributed by atoms with E-state index in [-0.39, 0.29) is 6.04 Å². The summed E-state index contributed by atoms with van der Waals surface area (Å²) in [6.45, 7) is 4.46. The van der Waals surface area contributed by atoms with Crippen molar-refractivity contribution in [2.75, 3.05) is 20.6 Å². The Morgan fingerprint density at radius 2 is 2.11 bits per heavy atom. The van der Waals surface area contributed by atoms with Crippen LogP contribution in [0.2, 0.25) is 0 Å². The lowest BCUT2D eigenvalue weighted by atomic mass is 10.1. The molecule has 1 atom stereocenters. The zero-order valence-electron chi connectivity index (χ0n) is 11.4. The van der Waals surface area contributed by atoms with E-state index in [2.05, 4.69) is 16.5 Å². The number of hydrogen-bond acceptors (Lipinski definition) is 4. The SMILES string of the molecule is CCCC(CNS(=O)(=O)c1cc(C)cs1)N(C)C. The molecule has 6 heteroatoms. The maximum absolute atomic E-state index is 12.1. The van der Waals surface area contributed by atoms with Gasteiger partial charge in [-0.1, -0.05) is 13.3 Å². The van der Waals surface area contributed by atoms with Crippen LogP contribution in [0, 0.1) is 6.92 Å². The van der Waals surface area contributed by atoms with Gasteiger partial charge in [0.25, 0.3) is 0 Å². The summed E-state index contributed by atoms with van der Waals surface area (Å²) in [6.07, 6.45) is 2.03. The molecule has 1 aromatic rings. The first-order chi connectivity index (χ1) is 8.36. The van der Waals surface area contributed by atoms with E-state index in [9.17, 15) is 8.42 Å². The average Bonchev–Trinajstić information content (AvgIpc) is 2.71. The second-order valence-electron chi connectivity index (χ2n) is 4.70. The van der Waals surface area contributed by atoms with Crippen molar-refractivity contribution in [1.82, 2.24) is 9.62 Å². The fourth-order valence-corrected chi connectivity index (χ4v) is 4.05. The topological polar surface area (TPSA) is 49.4 Å². The minimum absolute atomic E-state index is 0.242. The summed E-state index contributed by atoms with van der Waals surface area (Å²) in [5.41, 5.74) is 0.984. The monoisotopic (exact) mass is 290 g/mol. The van der Waals surface area contributed by atoms with Crippen molar-refractivity contribution >= 4 is 21.4 Å². The summed E-state index contributed by atoms with van der Waals surface area (Å²) in [6, 6.07) is 1.95. The van der Waals surface area contributed by atoms with Crippen LogP contribution in [0.15, 0.2) is 15.7 Å². The van der Waals surface area contributed by atoms with Crippen molar-refractivity contribution in [2.24, 2.45) is 0 Å². The molecule has 0 aromatic carbocycles. The van der Waals surface area contributed by atoms with E-state index < -0.39 is 10.0 Å². The summed E-state index contributed by atoms with van der Waals surface area (Å²) < 4.78 is 27.2. The Labute approximate surface area is 114 Å². The maximum atomic E-state index is 12.1. The third-order valence-electron chi connectivity index (χ3n) is 2.83. The van der Waals surface area contributed by atoms with Gasteiger partial charge in [-0.05, 0) is 44.4 Å². The van der Waals surface area contributed by atoms with Crippen LogP contribution in [0.25, 0.3) is 0 Å². The molecule has 0 saturated carbocycles. The normalized spacial score (nSPS) is 14.1. The van der Waals surface area contributed by atoms with Crippen molar-refractivity contribution in [3.05, 3.63) is 17.0 Å². The molecule has 0 radical (unpaired) electrons. The number of nitrogens with zero attached hydrogens (tertiary/aromatic N) is 1. The zero-order valence-corrected chi connectivity index (χ0v) is 13.1. The molecule has 1 unspecified atom stereocenters. The van der Waals surface area contributed by atoms with Crippen molar-refractivity contribution in [1.29, 1.82) is 0 Å². The fraction of sp³-hybridized carbons (Fsp3) is 0.667. The highest BCUT2D eigenvalue weighted by atomic mass is 32.2. The van der Waals surface area contributed by atoms with Crippen molar-refractivity contribution < 1.29 is 8.42 Å². The molecule has 0 aliphatic rings. The summed E-state index contributed by atoms with van der Waals surface area (Å²) in [7, 11) is 0.608. The third kappa shape index (κ3) is 4.35. The molecule has 0 amide bonds. The maximum Gasteiger partial charge on any atom is 0.250 e. The molecule has 0 aliphatic carbocycles. The number of thiophene rings is 1. The van der Waals surface area contributed by atoms with Crippen LogP contribution in [-0.2, 0) is 10.0 Å². The number of rotatable bonds is 7. The van der Waals surface area contributed by atoms with Gasteiger partial charge in [-0.2, -0.15) is 0 Å². The highest BCUT2D eigenvalue weighted by Crippen LogP contribution is 2.19. The molecule has 0 aliphatic heterocycles. The standard InChI is InChI=1S/C12H22N2O2S2/c1-5-6-11(14(3)4)8-13-18(15,16)12-7-10(2)9-17-12/h7,9,11,13H,5-6,8H2,1-4H3. The number of hydrogen-bond donors (Lipinski definition) is 1. The number of likely N-dealkylation sites (N-methyl/N-ethyl adjacent to an activating group) is 1. The number of aryl methyl sites for hydroxylation is 1. The van der Waals surface area contributed by atoms with Crippen LogP contribution >= 0.6 is 11.3 Å². The predicted molar refractivity (Wildman–Crippen MR) is 76.6 cm³/mol. The van der Waals surface area contributed by atoms with Crippen LogP contribution in [-0.4, -0.2) is 40.0 Å². The minimum Gasteiger partial charge on any atom is -0.305 e. The molecule has 4 nitrogen and oxygen atoms in total. The van der Waals surface area contributed by atoms with Crippen LogP contribution in [0.4, 0.5) is 0 Å². The van der Waals surface area contributed by atoms with Crippen molar-refractivity contribution in [2.45, 2.75) is 36.9 Å². The molecule has 1 aromatic heterocycles. The number of nitrogens with one attached hydrogen (secondary N) is 1. The largest absolute Gasteiger partial charge is 0.305 e. The molecule has 0 spiro atoms. The first-order valence-corrected chi connectivity index (χ1v) is 8.44. The van der Waals surface area contributed by atoms with Gasteiger partial charge >= 0.3 is 0 Å². The van der Waals surface area contributed by atoms with Gasteiger partial charge in [-0.15, -0.1) is 11.3 Å². The molecular weight excluding hydrogens is 268 g/mol. The Morgan fingerprint density at radius 1 is 1.44 bits per heavy atom. The molecule has 1 N–H and O–H groups in total. The Morgan fingerprint density at radius 3 is 2.56 bits per heavy atom. The average molecular weight is 290 g/mol. The Kier molecular flexibility index (Phi) is 5.78. The van der Waals surface area contributed by atoms with E-state index in [1.807, 2.05) is 26.4 Å². The van der Waals surface area contributed by atoms with Crippen LogP contribution in [0.1, 0.15) is 25.3 Å². The molecule has 0 bridgehead atoms. The van der Waals surface area contributed by atoms with E-state index in [1.165, 1.54) is 11.3 Å². The van der Waals surface area contributed by atoms with Gasteiger partial charge in [0.1, 0.15) is 4.21 Å². The second-order valence-corrected chi connectivity index (χ2v) is 7.61. The lowest BCUT2D eigenvalue weighted by Crippen LogP contribution is -2.39. The Balaban J connectivity index is 2.66. The second kappa shape index (κ2) is 6.65. The molecule has 0 fully saturated rings. The van der Waals surface area contributed by atoms with Gasteiger partial charge in [0.15, 0.2) is 0 Å². The van der Waals surface area contributed by atoms with E-state index in [0.29, 0.717) is 10.8 Å². The molecule has 1 rings (SSSR count). The van der Waals surface area contributed by atoms with Gasteiger partial charge in [0.05, 0.1) is 0 Å². The lowest BCUT2D eigenvalue weighted by Gasteiger charge is -2.23. The van der Waals surface area contributed by atoms with Gasteiger partial charge in [-0.25, -0.2) is 13.1 Å². The first kappa shape index (κ1) is 15.6. The summed E-state index contributed by atoms with van der Waals surface area (Å²) in [4.78, 5) is 2.06. The summed E-state index contributed by atoms with van der Waals surface area (Å²) in [5.74, 6) is 0. The van der Waals surface area contributed by atoms with E-state index in [0.717, 1.165) is 18.4 Å². The fourth-order valence-electron chi connectivity index (χ4n) is 1.70. The van der Waals surface area contributed by atoms with E-state index >= 15 is 0 Å². The smallest absolute Gasteiger partial charge is 0.250 e. The van der Waals surface area contributed by atoms with Crippen LogP contribution in [0.5, 0.6) is 0 Å². The predicted octanol–water partition coefficient (Wildman–Crippen LogP) is 2.07. The van der Waals surface area contributed by atoms with Gasteiger partial charge in [0, 0.05) is 12.6 Å². The first-order valence-electron chi connectivity index (χ1n) is 6.08. The lowest BCUT2D eigenvalue weighted by molar-refractivity contribution is 0.277. The van der Waals surface area contributed by atoms with Crippen LogP contribution < -0.4 is 4.72 Å². The summed E-state index contributed by atoms with van der Waals surface area (Å²) >= 11 is 1.27. The quantitative estimate of drug-likeness (QED) is 0.836. The van der Waals surface area contributed by atoms with Gasteiger partial charge < -0.3 is 4.90 Å². The molecule has 104 valence electrons. The van der Waals surface area contributed by atoms with Gasteiger partial charge in [0.2, 0.25) is 10.0 Å².